The van der Waals surface area contributed by atoms with Crippen molar-refractivity contribution in [1.29, 1.82) is 0 Å². The topological polar surface area (TPSA) is 117 Å². The first-order valence-corrected chi connectivity index (χ1v) is 11.7. The minimum absolute atomic E-state index is 0.0558. The number of anilines is 1. The summed E-state index contributed by atoms with van der Waals surface area (Å²) in [7, 11) is -3.43. The van der Waals surface area contributed by atoms with Crippen molar-refractivity contribution in [2.24, 2.45) is 0 Å². The number of unbranched alkanes of at least 4 members (excludes halogenated alkanes) is 3. The molecule has 0 aliphatic carbocycles. The van der Waals surface area contributed by atoms with Crippen LogP contribution in [-0.2, 0) is 22.8 Å². The predicted octanol–water partition coefficient (Wildman–Crippen LogP) is 3.10. The molecule has 8 nitrogen and oxygen atoms in total. The van der Waals surface area contributed by atoms with Gasteiger partial charge in [0, 0.05) is 31.6 Å². The van der Waals surface area contributed by atoms with Gasteiger partial charge in [-0.05, 0) is 37.8 Å². The zero-order chi connectivity index (χ0) is 20.9. The summed E-state index contributed by atoms with van der Waals surface area (Å²) >= 11 is 0. The molecule has 156 valence electrons. The van der Waals surface area contributed by atoms with E-state index >= 15 is 0 Å². The fraction of sp³-hybridized carbons (Fsp3) is 0.500. The van der Waals surface area contributed by atoms with Gasteiger partial charge in [-0.3, -0.25) is 0 Å². The molecule has 3 aromatic heterocycles. The van der Waals surface area contributed by atoms with Gasteiger partial charge in [0.2, 0.25) is 15.0 Å². The van der Waals surface area contributed by atoms with Crippen LogP contribution in [-0.4, -0.2) is 38.7 Å². The molecule has 0 amide bonds. The van der Waals surface area contributed by atoms with E-state index in [-0.39, 0.29) is 10.9 Å². The normalized spacial score (nSPS) is 11.9. The Morgan fingerprint density at radius 3 is 2.55 bits per heavy atom. The maximum Gasteiger partial charge on any atom is 0.246 e. The smallest absolute Gasteiger partial charge is 0.246 e. The third kappa shape index (κ3) is 4.90. The number of rotatable bonds is 10. The standard InChI is InChI=1S/C20H28N6O2S/c1-3-4-9-16-25-17-18(15(2)14-24-19(17)21)26(16)12-6-5-7-13-29(27,28)20-22-10-8-11-23-20/h8,10-11,14H,3-7,9,12-13H2,1-2H3,(H2,21,24). The van der Waals surface area contributed by atoms with Crippen molar-refractivity contribution < 1.29 is 8.42 Å². The molecule has 0 fully saturated rings. The molecular formula is C20H28N6O2S. The minimum Gasteiger partial charge on any atom is -0.382 e. The molecule has 29 heavy (non-hydrogen) atoms. The van der Waals surface area contributed by atoms with E-state index in [9.17, 15) is 8.42 Å². The molecule has 0 saturated heterocycles. The Morgan fingerprint density at radius 1 is 1.07 bits per heavy atom. The third-order valence-electron chi connectivity index (χ3n) is 4.93. The summed E-state index contributed by atoms with van der Waals surface area (Å²) in [5.74, 6) is 1.53. The van der Waals surface area contributed by atoms with Gasteiger partial charge >= 0.3 is 0 Å². The third-order valence-corrected chi connectivity index (χ3v) is 6.52. The number of hydrogen-bond acceptors (Lipinski definition) is 7. The minimum atomic E-state index is -3.43. The molecule has 0 atom stereocenters. The molecule has 3 rings (SSSR count). The maximum absolute atomic E-state index is 12.3. The van der Waals surface area contributed by atoms with E-state index in [2.05, 4.69) is 26.4 Å². The van der Waals surface area contributed by atoms with Crippen molar-refractivity contribution in [3.63, 3.8) is 0 Å². The van der Waals surface area contributed by atoms with Crippen LogP contribution in [0.15, 0.2) is 29.8 Å². The van der Waals surface area contributed by atoms with Crippen LogP contribution in [0.5, 0.6) is 0 Å². The molecule has 3 aromatic rings. The zero-order valence-corrected chi connectivity index (χ0v) is 17.8. The second kappa shape index (κ2) is 9.30. The molecule has 2 N–H and O–H groups in total. The lowest BCUT2D eigenvalue weighted by atomic mass is 10.2. The highest BCUT2D eigenvalue weighted by Crippen LogP contribution is 2.25. The molecule has 0 radical (unpaired) electrons. The summed E-state index contributed by atoms with van der Waals surface area (Å²) in [6, 6.07) is 1.61. The Kier molecular flexibility index (Phi) is 6.79. The Labute approximate surface area is 171 Å². The SMILES string of the molecule is CCCCc1nc2c(N)ncc(C)c2n1CCCCCS(=O)(=O)c1ncccn1. The van der Waals surface area contributed by atoms with Gasteiger partial charge < -0.3 is 10.3 Å². The summed E-state index contributed by atoms with van der Waals surface area (Å²) in [6.07, 6.45) is 9.95. The van der Waals surface area contributed by atoms with E-state index in [1.807, 2.05) is 6.92 Å². The first-order chi connectivity index (χ1) is 13.9. The average Bonchev–Trinajstić information content (AvgIpc) is 3.09. The Balaban J connectivity index is 1.66. The quantitative estimate of drug-likeness (QED) is 0.398. The summed E-state index contributed by atoms with van der Waals surface area (Å²) in [6.45, 7) is 4.95. The van der Waals surface area contributed by atoms with Gasteiger partial charge in [-0.1, -0.05) is 19.8 Å². The van der Waals surface area contributed by atoms with Gasteiger partial charge in [-0.2, -0.15) is 0 Å². The summed E-state index contributed by atoms with van der Waals surface area (Å²) in [5.41, 5.74) is 8.90. The highest BCUT2D eigenvalue weighted by molar-refractivity contribution is 7.91. The van der Waals surface area contributed by atoms with Gasteiger partial charge in [-0.15, -0.1) is 0 Å². The van der Waals surface area contributed by atoms with Crippen molar-refractivity contribution in [3.05, 3.63) is 36.0 Å². The maximum atomic E-state index is 12.3. The Bertz CT molecular complexity index is 1060. The largest absolute Gasteiger partial charge is 0.382 e. The van der Waals surface area contributed by atoms with Gasteiger partial charge in [0.15, 0.2) is 5.82 Å². The first kappa shape index (κ1) is 21.2. The Hall–Kier alpha value is -2.55. The lowest BCUT2D eigenvalue weighted by molar-refractivity contribution is 0.565. The monoisotopic (exact) mass is 416 g/mol. The molecule has 0 aliphatic rings. The van der Waals surface area contributed by atoms with Crippen LogP contribution in [0.1, 0.15) is 50.4 Å². The molecule has 9 heteroatoms. The molecule has 0 spiro atoms. The predicted molar refractivity (Wildman–Crippen MR) is 113 cm³/mol. The van der Waals surface area contributed by atoms with Crippen LogP contribution in [0, 0.1) is 6.92 Å². The van der Waals surface area contributed by atoms with Gasteiger partial charge in [0.05, 0.1) is 11.3 Å². The molecule has 0 bridgehead atoms. The molecule has 0 saturated carbocycles. The fourth-order valence-corrected chi connectivity index (χ4v) is 4.62. The van der Waals surface area contributed by atoms with Gasteiger partial charge in [0.25, 0.3) is 0 Å². The van der Waals surface area contributed by atoms with E-state index < -0.39 is 9.84 Å². The molecule has 3 heterocycles. The van der Waals surface area contributed by atoms with Gasteiger partial charge in [-0.25, -0.2) is 28.4 Å². The van der Waals surface area contributed by atoms with Crippen LogP contribution < -0.4 is 5.73 Å². The number of nitrogens with two attached hydrogens (primary N) is 1. The van der Waals surface area contributed by atoms with E-state index in [0.29, 0.717) is 12.2 Å². The number of nitrogens with zero attached hydrogens (tertiary/aromatic N) is 5. The summed E-state index contributed by atoms with van der Waals surface area (Å²) < 4.78 is 26.8. The van der Waals surface area contributed by atoms with Crippen molar-refractivity contribution in [2.75, 3.05) is 11.5 Å². The van der Waals surface area contributed by atoms with E-state index in [1.165, 1.54) is 12.4 Å². The highest BCUT2D eigenvalue weighted by Gasteiger charge is 2.18. The van der Waals surface area contributed by atoms with E-state index in [1.54, 1.807) is 12.3 Å². The number of aryl methyl sites for hydroxylation is 3. The molecule has 0 aliphatic heterocycles. The molecular weight excluding hydrogens is 388 g/mol. The van der Waals surface area contributed by atoms with Crippen LogP contribution in [0.3, 0.4) is 0 Å². The second-order valence-electron chi connectivity index (χ2n) is 7.22. The molecule has 0 unspecified atom stereocenters. The zero-order valence-electron chi connectivity index (χ0n) is 17.0. The number of imidazole rings is 1. The fourth-order valence-electron chi connectivity index (χ4n) is 3.41. The number of nitrogen functional groups attached to an aromatic ring is 1. The number of sulfone groups is 1. The first-order valence-electron chi connectivity index (χ1n) is 10.0. The number of aromatic nitrogens is 5. The Morgan fingerprint density at radius 2 is 1.83 bits per heavy atom. The summed E-state index contributed by atoms with van der Waals surface area (Å²) in [5, 5.41) is -0.0962. The second-order valence-corrected chi connectivity index (χ2v) is 9.22. The highest BCUT2D eigenvalue weighted by atomic mass is 32.2. The van der Waals surface area contributed by atoms with Crippen molar-refractivity contribution in [2.45, 2.75) is 64.1 Å². The lowest BCUT2D eigenvalue weighted by Crippen LogP contribution is -2.11. The van der Waals surface area contributed by atoms with Crippen molar-refractivity contribution >= 4 is 26.7 Å². The lowest BCUT2D eigenvalue weighted by Gasteiger charge is -2.10. The van der Waals surface area contributed by atoms with Crippen molar-refractivity contribution in [3.8, 4) is 0 Å². The van der Waals surface area contributed by atoms with Crippen molar-refractivity contribution in [1.82, 2.24) is 24.5 Å². The average molecular weight is 417 g/mol. The number of hydrogen-bond donors (Lipinski definition) is 1. The van der Waals surface area contributed by atoms with Crippen LogP contribution in [0.25, 0.3) is 11.0 Å². The molecule has 0 aromatic carbocycles. The summed E-state index contributed by atoms with van der Waals surface area (Å²) in [4.78, 5) is 16.7. The number of pyridine rings is 1. The number of fused-ring (bicyclic) bond motifs is 1. The van der Waals surface area contributed by atoms with Gasteiger partial charge in [0.1, 0.15) is 11.3 Å². The van der Waals surface area contributed by atoms with E-state index in [0.717, 1.165) is 61.1 Å². The van der Waals surface area contributed by atoms with Crippen LogP contribution in [0.2, 0.25) is 0 Å². The van der Waals surface area contributed by atoms with Crippen LogP contribution >= 0.6 is 0 Å². The van der Waals surface area contributed by atoms with Crippen LogP contribution in [0.4, 0.5) is 5.82 Å². The van der Waals surface area contributed by atoms with E-state index in [4.69, 9.17) is 10.7 Å².